The van der Waals surface area contributed by atoms with E-state index < -0.39 is 0 Å². The first kappa shape index (κ1) is 12.5. The summed E-state index contributed by atoms with van der Waals surface area (Å²) in [6, 6.07) is 10.5. The Hall–Kier alpha value is -2.27. The van der Waals surface area contributed by atoms with Crippen LogP contribution < -0.4 is 0 Å². The molecule has 1 saturated heterocycles. The third-order valence-electron chi connectivity index (χ3n) is 4.11. The molecule has 0 saturated carbocycles. The molecule has 0 amide bonds. The summed E-state index contributed by atoms with van der Waals surface area (Å²) in [5, 5.41) is 7.17. The Morgan fingerprint density at radius 2 is 2.10 bits per heavy atom. The predicted molar refractivity (Wildman–Crippen MR) is 80.5 cm³/mol. The molecule has 1 aliphatic heterocycles. The van der Waals surface area contributed by atoms with E-state index in [1.807, 2.05) is 36.7 Å². The SMILES string of the molecule is c1ccc2nc(CN3CCC[C@@H]3c3ccn[nH]3)cnc2c1. The second-order valence-corrected chi connectivity index (χ2v) is 5.49. The Balaban J connectivity index is 1.59. The molecule has 2 aromatic heterocycles. The first-order chi connectivity index (χ1) is 10.4. The molecule has 1 fully saturated rings. The lowest BCUT2D eigenvalue weighted by molar-refractivity contribution is 0.241. The van der Waals surface area contributed by atoms with Crippen molar-refractivity contribution in [1.82, 2.24) is 25.1 Å². The Morgan fingerprint density at radius 3 is 2.95 bits per heavy atom. The molecule has 4 rings (SSSR count). The number of nitrogens with zero attached hydrogens (tertiary/aromatic N) is 4. The first-order valence-electron chi connectivity index (χ1n) is 7.34. The van der Waals surface area contributed by atoms with Gasteiger partial charge in [0.05, 0.1) is 34.7 Å². The van der Waals surface area contributed by atoms with Gasteiger partial charge in [0.2, 0.25) is 0 Å². The van der Waals surface area contributed by atoms with Gasteiger partial charge in [-0.15, -0.1) is 0 Å². The molecule has 3 heterocycles. The van der Waals surface area contributed by atoms with Gasteiger partial charge in [0, 0.05) is 12.7 Å². The first-order valence-corrected chi connectivity index (χ1v) is 7.34. The van der Waals surface area contributed by atoms with Crippen molar-refractivity contribution in [2.24, 2.45) is 0 Å². The van der Waals surface area contributed by atoms with Gasteiger partial charge in [-0.05, 0) is 37.6 Å². The van der Waals surface area contributed by atoms with Crippen LogP contribution in [0.5, 0.6) is 0 Å². The quantitative estimate of drug-likeness (QED) is 0.801. The van der Waals surface area contributed by atoms with E-state index in [9.17, 15) is 0 Å². The molecule has 5 nitrogen and oxygen atoms in total. The molecule has 0 spiro atoms. The van der Waals surface area contributed by atoms with E-state index in [-0.39, 0.29) is 0 Å². The van der Waals surface area contributed by atoms with Crippen LogP contribution in [0.15, 0.2) is 42.7 Å². The third kappa shape index (κ3) is 2.40. The van der Waals surface area contributed by atoms with Crippen molar-refractivity contribution in [1.29, 1.82) is 0 Å². The van der Waals surface area contributed by atoms with Gasteiger partial charge in [0.1, 0.15) is 0 Å². The van der Waals surface area contributed by atoms with Gasteiger partial charge in [-0.1, -0.05) is 12.1 Å². The van der Waals surface area contributed by atoms with E-state index in [1.54, 1.807) is 0 Å². The average molecular weight is 279 g/mol. The van der Waals surface area contributed by atoms with Crippen molar-refractivity contribution in [3.05, 3.63) is 54.1 Å². The average Bonchev–Trinajstić information content (AvgIpc) is 3.18. The molecule has 5 heteroatoms. The number of fused-ring (bicyclic) bond motifs is 1. The van der Waals surface area contributed by atoms with Crippen molar-refractivity contribution in [2.45, 2.75) is 25.4 Å². The maximum absolute atomic E-state index is 4.72. The number of hydrogen-bond donors (Lipinski definition) is 1. The van der Waals surface area contributed by atoms with E-state index in [2.05, 4.69) is 26.1 Å². The number of nitrogens with one attached hydrogen (secondary N) is 1. The Labute approximate surface area is 123 Å². The minimum atomic E-state index is 0.417. The monoisotopic (exact) mass is 279 g/mol. The van der Waals surface area contributed by atoms with Gasteiger partial charge >= 0.3 is 0 Å². The van der Waals surface area contributed by atoms with Crippen molar-refractivity contribution >= 4 is 11.0 Å². The van der Waals surface area contributed by atoms with Crippen molar-refractivity contribution in [3.63, 3.8) is 0 Å². The number of rotatable bonds is 3. The standard InChI is InChI=1S/C16H17N5/c1-2-5-14-13(4-1)17-10-12(19-14)11-21-9-3-6-16(21)15-7-8-18-20-15/h1-2,4-5,7-8,10,16H,3,6,9,11H2,(H,18,20)/t16-/m1/s1. The van der Waals surface area contributed by atoms with Crippen LogP contribution in [-0.2, 0) is 6.54 Å². The minimum Gasteiger partial charge on any atom is -0.289 e. The summed E-state index contributed by atoms with van der Waals surface area (Å²) in [5.74, 6) is 0. The molecule has 1 N–H and O–H groups in total. The van der Waals surface area contributed by atoms with Crippen LogP contribution in [0.2, 0.25) is 0 Å². The number of benzene rings is 1. The van der Waals surface area contributed by atoms with Crippen LogP contribution in [0.1, 0.15) is 30.3 Å². The van der Waals surface area contributed by atoms with Gasteiger partial charge in [-0.25, -0.2) is 4.98 Å². The molecular formula is C16H17N5. The van der Waals surface area contributed by atoms with Crippen LogP contribution in [0.3, 0.4) is 0 Å². The zero-order chi connectivity index (χ0) is 14.1. The lowest BCUT2D eigenvalue weighted by atomic mass is 10.1. The van der Waals surface area contributed by atoms with E-state index >= 15 is 0 Å². The molecule has 21 heavy (non-hydrogen) atoms. The highest BCUT2D eigenvalue weighted by molar-refractivity contribution is 5.73. The highest BCUT2D eigenvalue weighted by Crippen LogP contribution is 2.31. The van der Waals surface area contributed by atoms with Gasteiger partial charge in [-0.2, -0.15) is 5.10 Å². The number of aromatic nitrogens is 4. The summed E-state index contributed by atoms with van der Waals surface area (Å²) >= 11 is 0. The minimum absolute atomic E-state index is 0.417. The number of H-pyrrole nitrogens is 1. The smallest absolute Gasteiger partial charge is 0.0890 e. The fourth-order valence-electron chi connectivity index (χ4n) is 3.10. The Kier molecular flexibility index (Phi) is 3.12. The summed E-state index contributed by atoms with van der Waals surface area (Å²) in [7, 11) is 0. The maximum Gasteiger partial charge on any atom is 0.0890 e. The molecule has 0 unspecified atom stereocenters. The van der Waals surface area contributed by atoms with E-state index in [4.69, 9.17) is 4.98 Å². The van der Waals surface area contributed by atoms with Crippen molar-refractivity contribution in [2.75, 3.05) is 6.54 Å². The van der Waals surface area contributed by atoms with Crippen LogP contribution in [0.4, 0.5) is 0 Å². The summed E-state index contributed by atoms with van der Waals surface area (Å²) in [6.07, 6.45) is 6.10. The van der Waals surface area contributed by atoms with E-state index in [1.165, 1.54) is 18.5 Å². The molecule has 106 valence electrons. The zero-order valence-corrected chi connectivity index (χ0v) is 11.7. The number of hydrogen-bond acceptors (Lipinski definition) is 4. The molecule has 0 radical (unpaired) electrons. The second-order valence-electron chi connectivity index (χ2n) is 5.49. The van der Waals surface area contributed by atoms with Gasteiger partial charge < -0.3 is 0 Å². The van der Waals surface area contributed by atoms with Crippen molar-refractivity contribution < 1.29 is 0 Å². The highest BCUT2D eigenvalue weighted by atomic mass is 15.2. The summed E-state index contributed by atoms with van der Waals surface area (Å²) in [4.78, 5) is 11.7. The predicted octanol–water partition coefficient (Wildman–Crippen LogP) is 2.69. The lowest BCUT2D eigenvalue weighted by Crippen LogP contribution is -2.23. The van der Waals surface area contributed by atoms with Crippen LogP contribution in [0, 0.1) is 0 Å². The van der Waals surface area contributed by atoms with Crippen LogP contribution in [-0.4, -0.2) is 31.6 Å². The fourth-order valence-corrected chi connectivity index (χ4v) is 3.10. The number of para-hydroxylation sites is 2. The fraction of sp³-hybridized carbons (Fsp3) is 0.312. The molecule has 0 bridgehead atoms. The molecule has 3 aromatic rings. The van der Waals surface area contributed by atoms with Crippen molar-refractivity contribution in [3.8, 4) is 0 Å². The Bertz CT molecular complexity index is 737. The molecule has 1 aliphatic rings. The number of likely N-dealkylation sites (tertiary alicyclic amines) is 1. The summed E-state index contributed by atoms with van der Waals surface area (Å²) in [6.45, 7) is 1.93. The topological polar surface area (TPSA) is 57.7 Å². The third-order valence-corrected chi connectivity index (χ3v) is 4.11. The molecule has 0 aliphatic carbocycles. The molecule has 1 atom stereocenters. The second kappa shape index (κ2) is 5.26. The van der Waals surface area contributed by atoms with Gasteiger partial charge in [0.15, 0.2) is 0 Å². The largest absolute Gasteiger partial charge is 0.289 e. The van der Waals surface area contributed by atoms with Crippen LogP contribution >= 0.6 is 0 Å². The summed E-state index contributed by atoms with van der Waals surface area (Å²) < 4.78 is 0. The van der Waals surface area contributed by atoms with Crippen LogP contribution in [0.25, 0.3) is 11.0 Å². The Morgan fingerprint density at radius 1 is 1.19 bits per heavy atom. The number of aromatic amines is 1. The normalized spacial score (nSPS) is 19.3. The lowest BCUT2D eigenvalue weighted by Gasteiger charge is -2.22. The zero-order valence-electron chi connectivity index (χ0n) is 11.7. The van der Waals surface area contributed by atoms with Gasteiger partial charge in [0.25, 0.3) is 0 Å². The van der Waals surface area contributed by atoms with E-state index in [0.29, 0.717) is 6.04 Å². The molecule has 1 aromatic carbocycles. The highest BCUT2D eigenvalue weighted by Gasteiger charge is 2.27. The van der Waals surface area contributed by atoms with Gasteiger partial charge in [-0.3, -0.25) is 15.0 Å². The van der Waals surface area contributed by atoms with E-state index in [0.717, 1.165) is 29.8 Å². The maximum atomic E-state index is 4.72. The molecular weight excluding hydrogens is 262 g/mol. The summed E-state index contributed by atoms with van der Waals surface area (Å²) in [5.41, 5.74) is 4.14.